The predicted octanol–water partition coefficient (Wildman–Crippen LogP) is 2.40. The minimum Gasteiger partial charge on any atom is -0.469 e. The Kier molecular flexibility index (Phi) is 6.29. The fourth-order valence-corrected chi connectivity index (χ4v) is 3.67. The third kappa shape index (κ3) is 4.80. The molecule has 156 valence electrons. The molecule has 1 aliphatic heterocycles. The minimum atomic E-state index is -3.55. The van der Waals surface area contributed by atoms with Crippen molar-refractivity contribution in [3.8, 4) is 17.2 Å². The van der Waals surface area contributed by atoms with Crippen molar-refractivity contribution in [2.75, 3.05) is 14.2 Å². The minimum absolute atomic E-state index is 0.126. The molecule has 0 radical (unpaired) electrons. The first-order valence-electron chi connectivity index (χ1n) is 9.12. The molecule has 0 fully saturated rings. The highest BCUT2D eigenvalue weighted by Crippen LogP contribution is 2.37. The number of rotatable bonds is 8. The molecule has 1 unspecified atom stereocenters. The molecule has 0 bridgehead atoms. The Bertz CT molecular complexity index is 1000. The van der Waals surface area contributed by atoms with Crippen LogP contribution in [-0.4, -0.2) is 35.0 Å². The fraction of sp³-hybridized carbons (Fsp3) is 0.350. The first-order chi connectivity index (χ1) is 13.9. The summed E-state index contributed by atoms with van der Waals surface area (Å²) >= 11 is 0. The quantitative estimate of drug-likeness (QED) is 0.653. The van der Waals surface area contributed by atoms with E-state index in [1.165, 1.54) is 20.2 Å². The zero-order valence-electron chi connectivity index (χ0n) is 16.4. The topological polar surface area (TPSA) is 100 Å². The smallest absolute Gasteiger partial charge is 0.406 e. The normalized spacial score (nSPS) is 15.2. The van der Waals surface area contributed by atoms with E-state index in [4.69, 9.17) is 14.2 Å². The van der Waals surface area contributed by atoms with Crippen molar-refractivity contribution in [3.63, 3.8) is 0 Å². The molecule has 1 atom stereocenters. The predicted molar refractivity (Wildman–Crippen MR) is 105 cm³/mol. The molecule has 9 heteroatoms. The molecule has 0 saturated carbocycles. The molecule has 2 aromatic carbocycles. The summed E-state index contributed by atoms with van der Waals surface area (Å²) in [5, 5.41) is 0. The molecule has 0 saturated heterocycles. The Hall–Kier alpha value is -2.78. The number of sulfonamides is 1. The van der Waals surface area contributed by atoms with Gasteiger partial charge >= 0.3 is 12.4 Å². The highest BCUT2D eigenvalue weighted by Gasteiger charge is 2.27. The molecule has 8 nitrogen and oxygen atoms in total. The maximum atomic E-state index is 12.1. The van der Waals surface area contributed by atoms with Crippen LogP contribution in [0.15, 0.2) is 41.3 Å². The summed E-state index contributed by atoms with van der Waals surface area (Å²) in [6, 6.07) is 9.80. The average molecular weight is 421 g/mol. The van der Waals surface area contributed by atoms with Crippen LogP contribution in [0.1, 0.15) is 24.5 Å². The van der Waals surface area contributed by atoms with E-state index in [0.29, 0.717) is 23.7 Å². The van der Waals surface area contributed by atoms with Crippen LogP contribution >= 0.6 is 0 Å². The molecular formula is C20H23NO7S. The molecule has 3 rings (SSSR count). The lowest BCUT2D eigenvalue weighted by molar-refractivity contribution is -0.139. The lowest BCUT2D eigenvalue weighted by atomic mass is 10.1. The number of methoxy groups -OCH3 is 1. The average Bonchev–Trinajstić information content (AvgIpc) is 3.10. The van der Waals surface area contributed by atoms with Crippen molar-refractivity contribution >= 4 is 16.0 Å². The van der Waals surface area contributed by atoms with Gasteiger partial charge in [0.15, 0.2) is 11.5 Å². The summed E-state index contributed by atoms with van der Waals surface area (Å²) < 4.78 is 48.3. The number of fused-ring (bicyclic) bond motifs is 1. The number of carbonyl (C=O) groups excluding carboxylic acids is 1. The second-order valence-corrected chi connectivity index (χ2v) is 8.29. The molecule has 29 heavy (non-hydrogen) atoms. The van der Waals surface area contributed by atoms with E-state index >= 15 is 0 Å². The molecule has 2 aromatic rings. The first-order valence-corrected chi connectivity index (χ1v) is 10.6. The number of benzene rings is 2. The van der Waals surface area contributed by atoms with E-state index in [1.54, 1.807) is 30.3 Å². The van der Waals surface area contributed by atoms with Gasteiger partial charge in [0, 0.05) is 0 Å². The number of aryl methyl sites for hydroxylation is 1. The van der Waals surface area contributed by atoms with Gasteiger partial charge in [0.1, 0.15) is 5.75 Å². The fourth-order valence-electron chi connectivity index (χ4n) is 2.89. The Morgan fingerprint density at radius 3 is 2.59 bits per heavy atom. The summed E-state index contributed by atoms with van der Waals surface area (Å²) in [5.74, 6) is 1.09. The molecule has 1 N–H and O–H groups in total. The van der Waals surface area contributed by atoms with Gasteiger partial charge in [-0.1, -0.05) is 19.4 Å². The van der Waals surface area contributed by atoms with Crippen LogP contribution in [0.4, 0.5) is 0 Å². The summed E-state index contributed by atoms with van der Waals surface area (Å²) in [4.78, 5) is 11.6. The molecular weight excluding hydrogens is 398 g/mol. The summed E-state index contributed by atoms with van der Waals surface area (Å²) in [6.45, 7) is 0.977. The van der Waals surface area contributed by atoms with Gasteiger partial charge < -0.3 is 18.9 Å². The number of hydrogen-bond donors (Lipinski definition) is 1. The van der Waals surface area contributed by atoms with Crippen molar-refractivity contribution < 1.29 is 32.2 Å². The SMILES string of the molecule is CCCc1cc(S(=O)(=O)NC)ccc1OC1Oc2ccc(CC(=O)OC)cc2O1. The van der Waals surface area contributed by atoms with Crippen LogP contribution in [0.2, 0.25) is 0 Å². The Labute approximate surface area is 169 Å². The number of carbonyl (C=O) groups is 1. The van der Waals surface area contributed by atoms with E-state index in [9.17, 15) is 13.2 Å². The number of nitrogens with one attached hydrogen (secondary N) is 1. The van der Waals surface area contributed by atoms with Crippen LogP contribution in [-0.2, 0) is 32.4 Å². The number of esters is 1. The van der Waals surface area contributed by atoms with Gasteiger partial charge in [-0.3, -0.25) is 4.79 Å². The lowest BCUT2D eigenvalue weighted by Gasteiger charge is -2.16. The number of hydrogen-bond acceptors (Lipinski definition) is 7. The van der Waals surface area contributed by atoms with Crippen LogP contribution in [0, 0.1) is 0 Å². The van der Waals surface area contributed by atoms with Gasteiger partial charge in [-0.15, -0.1) is 0 Å². The Morgan fingerprint density at radius 2 is 1.90 bits per heavy atom. The molecule has 1 heterocycles. The highest BCUT2D eigenvalue weighted by molar-refractivity contribution is 7.89. The van der Waals surface area contributed by atoms with Crippen molar-refractivity contribution in [1.29, 1.82) is 0 Å². The lowest BCUT2D eigenvalue weighted by Crippen LogP contribution is -2.26. The Morgan fingerprint density at radius 1 is 1.14 bits per heavy atom. The molecule has 0 spiro atoms. The zero-order chi connectivity index (χ0) is 21.0. The summed E-state index contributed by atoms with van der Waals surface area (Å²) in [7, 11) is -0.850. The zero-order valence-corrected chi connectivity index (χ0v) is 17.2. The van der Waals surface area contributed by atoms with E-state index < -0.39 is 16.5 Å². The van der Waals surface area contributed by atoms with E-state index in [0.717, 1.165) is 17.5 Å². The second-order valence-electron chi connectivity index (χ2n) is 6.40. The standard InChI is InChI=1S/C20H23NO7S/c1-4-5-14-12-15(29(23,24)21-2)7-9-16(14)26-20-27-17-8-6-13(10-18(17)28-20)11-19(22)25-3/h6-10,12,20-21H,4-5,11H2,1-3H3. The highest BCUT2D eigenvalue weighted by atomic mass is 32.2. The number of ether oxygens (including phenoxy) is 4. The van der Waals surface area contributed by atoms with Crippen molar-refractivity contribution in [2.24, 2.45) is 0 Å². The molecule has 0 aromatic heterocycles. The summed E-state index contributed by atoms with van der Waals surface area (Å²) in [5.41, 5.74) is 1.46. The third-order valence-electron chi connectivity index (χ3n) is 4.38. The van der Waals surface area contributed by atoms with E-state index in [2.05, 4.69) is 9.46 Å². The first kappa shape index (κ1) is 20.9. The van der Waals surface area contributed by atoms with Crippen molar-refractivity contribution in [2.45, 2.75) is 37.6 Å². The largest absolute Gasteiger partial charge is 0.469 e. The van der Waals surface area contributed by atoms with Crippen molar-refractivity contribution in [3.05, 3.63) is 47.5 Å². The van der Waals surface area contributed by atoms with Gasteiger partial charge in [0.25, 0.3) is 0 Å². The molecule has 0 aliphatic carbocycles. The maximum absolute atomic E-state index is 12.1. The second kappa shape index (κ2) is 8.71. The van der Waals surface area contributed by atoms with E-state index in [-0.39, 0.29) is 17.3 Å². The van der Waals surface area contributed by atoms with Gasteiger partial charge in [-0.25, -0.2) is 13.1 Å². The van der Waals surface area contributed by atoms with Gasteiger partial charge in [0.2, 0.25) is 10.0 Å². The van der Waals surface area contributed by atoms with Gasteiger partial charge in [0.05, 0.1) is 18.4 Å². The van der Waals surface area contributed by atoms with E-state index in [1.807, 2.05) is 6.92 Å². The molecule has 0 amide bonds. The van der Waals surface area contributed by atoms with Gasteiger partial charge in [-0.05, 0) is 54.9 Å². The molecule has 1 aliphatic rings. The third-order valence-corrected chi connectivity index (χ3v) is 5.80. The van der Waals surface area contributed by atoms with Gasteiger partial charge in [-0.2, -0.15) is 0 Å². The van der Waals surface area contributed by atoms with Crippen LogP contribution in [0.3, 0.4) is 0 Å². The monoisotopic (exact) mass is 421 g/mol. The van der Waals surface area contributed by atoms with Crippen LogP contribution < -0.4 is 18.9 Å². The van der Waals surface area contributed by atoms with Crippen LogP contribution in [0.25, 0.3) is 0 Å². The van der Waals surface area contributed by atoms with Crippen molar-refractivity contribution in [1.82, 2.24) is 4.72 Å². The Balaban J connectivity index is 1.77. The summed E-state index contributed by atoms with van der Waals surface area (Å²) in [6.07, 6.45) is 1.56. The van der Waals surface area contributed by atoms with Crippen LogP contribution in [0.5, 0.6) is 17.2 Å². The maximum Gasteiger partial charge on any atom is 0.406 e.